The van der Waals surface area contributed by atoms with Gasteiger partial charge in [-0.15, -0.1) is 0 Å². The molecule has 0 aliphatic rings. The molecule has 0 atom stereocenters. The van der Waals surface area contributed by atoms with Crippen LogP contribution in [0, 0.1) is 18.3 Å². The van der Waals surface area contributed by atoms with Crippen LogP contribution >= 0.6 is 15.9 Å². The maximum atomic E-state index is 12.7. The van der Waals surface area contributed by atoms with E-state index in [4.69, 9.17) is 9.47 Å². The molecule has 0 fully saturated rings. The van der Waals surface area contributed by atoms with Crippen molar-refractivity contribution >= 4 is 39.6 Å². The monoisotopic (exact) mass is 548 g/mol. The van der Waals surface area contributed by atoms with E-state index >= 15 is 0 Å². The van der Waals surface area contributed by atoms with Crippen LogP contribution in [0.15, 0.2) is 70.7 Å². The maximum absolute atomic E-state index is 12.7. The lowest BCUT2D eigenvalue weighted by atomic mass is 10.1. The number of rotatable bonds is 9. The second kappa shape index (κ2) is 12.6. The number of hydrogen-bond donors (Lipinski definition) is 1. The quantitative estimate of drug-likeness (QED) is 0.198. The average molecular weight is 549 g/mol. The Kier molecular flexibility index (Phi) is 9.25. The van der Waals surface area contributed by atoms with Crippen LogP contribution in [-0.4, -0.2) is 25.6 Å². The third-order valence-corrected chi connectivity index (χ3v) is 5.63. The summed E-state index contributed by atoms with van der Waals surface area (Å²) >= 11 is 3.53. The summed E-state index contributed by atoms with van der Waals surface area (Å²) in [5.74, 6) is -0.0457. The normalized spacial score (nSPS) is 10.8. The van der Waals surface area contributed by atoms with E-state index in [9.17, 15) is 14.9 Å². The first-order chi connectivity index (χ1) is 17.3. The Morgan fingerprint density at radius 3 is 2.47 bits per heavy atom. The van der Waals surface area contributed by atoms with Crippen LogP contribution in [0.3, 0.4) is 0 Å². The molecule has 3 aromatic rings. The van der Waals surface area contributed by atoms with E-state index in [1.54, 1.807) is 24.3 Å². The van der Waals surface area contributed by atoms with Gasteiger partial charge in [0.05, 0.1) is 23.8 Å². The Balaban J connectivity index is 1.81. The van der Waals surface area contributed by atoms with Gasteiger partial charge >= 0.3 is 5.97 Å². The number of nitrogens with one attached hydrogen (secondary N) is 1. The van der Waals surface area contributed by atoms with Crippen LogP contribution in [0.4, 0.5) is 5.69 Å². The van der Waals surface area contributed by atoms with E-state index in [1.807, 2.05) is 44.2 Å². The standard InChI is InChI=1S/C28H25BrN2O5/c1-4-35-25-15-20(14-24(29)26(25)36-17-19-7-5-6-18(2)12-19)13-22(16-30)27(32)31-23-10-8-21(9-11-23)28(33)34-3/h5-15H,4,17H2,1-3H3,(H,31,32)/b22-13+. The van der Waals surface area contributed by atoms with Crippen LogP contribution in [0.1, 0.15) is 34.0 Å². The molecule has 0 aliphatic carbocycles. The predicted molar refractivity (Wildman–Crippen MR) is 141 cm³/mol. The molecule has 0 bridgehead atoms. The molecule has 0 aliphatic heterocycles. The number of carbonyl (C=O) groups is 2. The van der Waals surface area contributed by atoms with Gasteiger partial charge in [-0.3, -0.25) is 4.79 Å². The summed E-state index contributed by atoms with van der Waals surface area (Å²) in [5, 5.41) is 12.3. The lowest BCUT2D eigenvalue weighted by molar-refractivity contribution is -0.112. The molecule has 1 N–H and O–H groups in total. The van der Waals surface area contributed by atoms with Gasteiger partial charge in [0.2, 0.25) is 0 Å². The molecule has 36 heavy (non-hydrogen) atoms. The van der Waals surface area contributed by atoms with E-state index in [1.165, 1.54) is 25.3 Å². The van der Waals surface area contributed by atoms with Crippen molar-refractivity contribution in [2.75, 3.05) is 19.0 Å². The number of ether oxygens (including phenoxy) is 3. The summed E-state index contributed by atoms with van der Waals surface area (Å²) in [6, 6.07) is 19.6. The van der Waals surface area contributed by atoms with Crippen molar-refractivity contribution in [3.63, 3.8) is 0 Å². The first kappa shape index (κ1) is 26.5. The third-order valence-electron chi connectivity index (χ3n) is 5.04. The number of anilines is 1. The molecule has 1 amide bonds. The first-order valence-electron chi connectivity index (χ1n) is 11.1. The molecule has 7 nitrogen and oxygen atoms in total. The van der Waals surface area contributed by atoms with Crippen molar-refractivity contribution in [2.24, 2.45) is 0 Å². The molecule has 0 spiro atoms. The summed E-state index contributed by atoms with van der Waals surface area (Å²) < 4.78 is 17.1. The lowest BCUT2D eigenvalue weighted by Crippen LogP contribution is -2.13. The number of amides is 1. The number of esters is 1. The number of carbonyl (C=O) groups excluding carboxylic acids is 2. The zero-order chi connectivity index (χ0) is 26.1. The van der Waals surface area contributed by atoms with Gasteiger partial charge in [0, 0.05) is 5.69 Å². The Hall–Kier alpha value is -4.09. The maximum Gasteiger partial charge on any atom is 0.337 e. The molecule has 3 aromatic carbocycles. The number of halogens is 1. The number of hydrogen-bond acceptors (Lipinski definition) is 6. The third kappa shape index (κ3) is 6.96. The lowest BCUT2D eigenvalue weighted by Gasteiger charge is -2.15. The van der Waals surface area contributed by atoms with E-state index in [0.29, 0.717) is 46.0 Å². The van der Waals surface area contributed by atoms with E-state index < -0.39 is 11.9 Å². The van der Waals surface area contributed by atoms with Crippen molar-refractivity contribution < 1.29 is 23.8 Å². The summed E-state index contributed by atoms with van der Waals surface area (Å²) in [7, 11) is 1.29. The SMILES string of the molecule is CCOc1cc(/C=C(\C#N)C(=O)Nc2ccc(C(=O)OC)cc2)cc(Br)c1OCc1cccc(C)c1. The highest BCUT2D eigenvalue weighted by Crippen LogP contribution is 2.38. The summed E-state index contributed by atoms with van der Waals surface area (Å²) in [6.45, 7) is 4.65. The highest BCUT2D eigenvalue weighted by Gasteiger charge is 2.15. The first-order valence-corrected chi connectivity index (χ1v) is 11.9. The smallest absolute Gasteiger partial charge is 0.337 e. The number of benzene rings is 3. The van der Waals surface area contributed by atoms with Crippen LogP contribution in [0.2, 0.25) is 0 Å². The van der Waals surface area contributed by atoms with Gasteiger partial charge in [0.15, 0.2) is 11.5 Å². The molecule has 0 radical (unpaired) electrons. The average Bonchev–Trinajstić information content (AvgIpc) is 2.87. The van der Waals surface area contributed by atoms with Crippen molar-refractivity contribution in [3.05, 3.63) is 93.0 Å². The van der Waals surface area contributed by atoms with Gasteiger partial charge in [-0.2, -0.15) is 5.26 Å². The highest BCUT2D eigenvalue weighted by atomic mass is 79.9. The molecule has 0 heterocycles. The minimum atomic E-state index is -0.586. The summed E-state index contributed by atoms with van der Waals surface area (Å²) in [4.78, 5) is 24.3. The highest BCUT2D eigenvalue weighted by molar-refractivity contribution is 9.10. The van der Waals surface area contributed by atoms with Crippen molar-refractivity contribution in [3.8, 4) is 17.6 Å². The van der Waals surface area contributed by atoms with E-state index in [-0.39, 0.29) is 5.57 Å². The summed E-state index contributed by atoms with van der Waals surface area (Å²) in [6.07, 6.45) is 1.47. The second-order valence-corrected chi connectivity index (χ2v) is 8.59. The molecular formula is C28H25BrN2O5. The predicted octanol–water partition coefficient (Wildman–Crippen LogP) is 6.07. The molecule has 0 saturated carbocycles. The minimum absolute atomic E-state index is 0.102. The Labute approximate surface area is 218 Å². The van der Waals surface area contributed by atoms with Crippen LogP contribution < -0.4 is 14.8 Å². The molecule has 8 heteroatoms. The molecule has 0 saturated heterocycles. The number of aryl methyl sites for hydroxylation is 1. The number of nitriles is 1. The van der Waals surface area contributed by atoms with Gasteiger partial charge in [0.25, 0.3) is 5.91 Å². The van der Waals surface area contributed by atoms with Gasteiger partial charge in [-0.05, 0) is 83.4 Å². The van der Waals surface area contributed by atoms with Crippen LogP contribution in [0.5, 0.6) is 11.5 Å². The summed E-state index contributed by atoms with van der Waals surface area (Å²) in [5.41, 5.74) is 3.43. The van der Waals surface area contributed by atoms with E-state index in [0.717, 1.165) is 11.1 Å². The van der Waals surface area contributed by atoms with Crippen LogP contribution in [0.25, 0.3) is 6.08 Å². The molecule has 0 aromatic heterocycles. The number of nitrogens with zero attached hydrogens (tertiary/aromatic N) is 1. The van der Waals surface area contributed by atoms with Crippen molar-refractivity contribution in [1.29, 1.82) is 5.26 Å². The van der Waals surface area contributed by atoms with Crippen molar-refractivity contribution in [1.82, 2.24) is 0 Å². The zero-order valence-corrected chi connectivity index (χ0v) is 21.7. The van der Waals surface area contributed by atoms with Crippen molar-refractivity contribution in [2.45, 2.75) is 20.5 Å². The molecule has 184 valence electrons. The Morgan fingerprint density at radius 2 is 1.83 bits per heavy atom. The second-order valence-electron chi connectivity index (χ2n) is 7.73. The van der Waals surface area contributed by atoms with Gasteiger partial charge in [0.1, 0.15) is 18.2 Å². The minimum Gasteiger partial charge on any atom is -0.490 e. The van der Waals surface area contributed by atoms with Crippen LogP contribution in [-0.2, 0) is 16.1 Å². The topological polar surface area (TPSA) is 97.7 Å². The Morgan fingerprint density at radius 1 is 1.08 bits per heavy atom. The molecular weight excluding hydrogens is 524 g/mol. The van der Waals surface area contributed by atoms with E-state index in [2.05, 4.69) is 26.0 Å². The zero-order valence-electron chi connectivity index (χ0n) is 20.1. The molecule has 0 unspecified atom stereocenters. The van der Waals surface area contributed by atoms with Gasteiger partial charge in [-0.25, -0.2) is 4.79 Å². The fourth-order valence-corrected chi connectivity index (χ4v) is 3.93. The largest absolute Gasteiger partial charge is 0.490 e. The fraction of sp³-hybridized carbons (Fsp3) is 0.179. The fourth-order valence-electron chi connectivity index (χ4n) is 3.35. The Bertz CT molecular complexity index is 1330. The number of methoxy groups -OCH3 is 1. The van der Waals surface area contributed by atoms with Gasteiger partial charge < -0.3 is 19.5 Å². The molecule has 3 rings (SSSR count). The van der Waals surface area contributed by atoms with Gasteiger partial charge in [-0.1, -0.05) is 29.8 Å².